The molecule has 3 rings (SSSR count). The summed E-state index contributed by atoms with van der Waals surface area (Å²) < 4.78 is 25.6. The minimum atomic E-state index is -3.11. The molecule has 1 N–H and O–H groups in total. The van der Waals surface area contributed by atoms with Gasteiger partial charge in [-0.3, -0.25) is 4.79 Å². The zero-order chi connectivity index (χ0) is 19.3. The van der Waals surface area contributed by atoms with Gasteiger partial charge in [0.2, 0.25) is 0 Å². The van der Waals surface area contributed by atoms with Crippen LogP contribution < -0.4 is 0 Å². The van der Waals surface area contributed by atoms with Crippen molar-refractivity contribution in [3.63, 3.8) is 0 Å². The number of rotatable bonds is 10. The van der Waals surface area contributed by atoms with Crippen molar-refractivity contribution >= 4 is 15.8 Å². The minimum absolute atomic E-state index is 0.138. The lowest BCUT2D eigenvalue weighted by atomic mass is 9.78. The molecule has 0 amide bonds. The largest absolute Gasteiger partial charge is 0.481 e. The molecule has 0 radical (unpaired) electrons. The standard InChI is InChI=1S/C22H30O4S/c23-22(24)11-7-2-1-6-10-20-18-12-13-19(14-18)21(20)16-27(25,26)15-17-8-4-3-5-9-17/h1,3-6,8-9,18-21H,2,7,10-16H2,(H,23,24)/t18-,19+,20-,21+/m0/s1. The van der Waals surface area contributed by atoms with Gasteiger partial charge in [-0.25, -0.2) is 8.42 Å². The fraction of sp³-hybridized carbons (Fsp3) is 0.591. The first kappa shape index (κ1) is 20.1. The summed E-state index contributed by atoms with van der Waals surface area (Å²) in [6.07, 6.45) is 10.4. The predicted octanol–water partition coefficient (Wildman–Crippen LogP) is 4.46. The van der Waals surface area contributed by atoms with E-state index in [4.69, 9.17) is 5.11 Å². The van der Waals surface area contributed by atoms with Gasteiger partial charge in [0.05, 0.1) is 11.5 Å². The summed E-state index contributed by atoms with van der Waals surface area (Å²) in [5.41, 5.74) is 0.871. The molecular formula is C22H30O4S. The lowest BCUT2D eigenvalue weighted by molar-refractivity contribution is -0.137. The first-order valence-electron chi connectivity index (χ1n) is 10.1. The van der Waals surface area contributed by atoms with Crippen LogP contribution in [-0.4, -0.2) is 25.2 Å². The first-order chi connectivity index (χ1) is 12.9. The molecule has 27 heavy (non-hydrogen) atoms. The van der Waals surface area contributed by atoms with E-state index in [1.165, 1.54) is 19.3 Å². The van der Waals surface area contributed by atoms with E-state index >= 15 is 0 Å². The topological polar surface area (TPSA) is 71.4 Å². The highest BCUT2D eigenvalue weighted by molar-refractivity contribution is 7.90. The quantitative estimate of drug-likeness (QED) is 0.473. The van der Waals surface area contributed by atoms with E-state index < -0.39 is 15.8 Å². The normalized spacial score (nSPS) is 27.4. The zero-order valence-corrected chi connectivity index (χ0v) is 16.6. The number of carboxylic acids is 1. The Kier molecular flexibility index (Phi) is 6.74. The van der Waals surface area contributed by atoms with Gasteiger partial charge in [0.1, 0.15) is 0 Å². The Labute approximate surface area is 162 Å². The Bertz CT molecular complexity index is 754. The van der Waals surface area contributed by atoms with Crippen LogP contribution in [0.15, 0.2) is 42.5 Å². The molecule has 2 aliphatic carbocycles. The molecule has 148 valence electrons. The third-order valence-corrected chi connectivity index (χ3v) is 7.95. The average Bonchev–Trinajstić information content (AvgIpc) is 3.20. The predicted molar refractivity (Wildman–Crippen MR) is 107 cm³/mol. The van der Waals surface area contributed by atoms with Crippen molar-refractivity contribution in [1.82, 2.24) is 0 Å². The summed E-state index contributed by atoms with van der Waals surface area (Å²) in [5, 5.41) is 8.68. The fourth-order valence-corrected chi connectivity index (χ4v) is 7.00. The second-order valence-corrected chi connectivity index (χ2v) is 10.3. The molecule has 0 spiro atoms. The van der Waals surface area contributed by atoms with E-state index in [1.54, 1.807) is 0 Å². The Morgan fingerprint density at radius 3 is 2.48 bits per heavy atom. The molecule has 4 atom stereocenters. The Morgan fingerprint density at radius 1 is 1.07 bits per heavy atom. The lowest BCUT2D eigenvalue weighted by Gasteiger charge is -2.30. The number of sulfone groups is 1. The van der Waals surface area contributed by atoms with Crippen molar-refractivity contribution in [2.45, 2.75) is 50.7 Å². The lowest BCUT2D eigenvalue weighted by Crippen LogP contribution is -2.29. The van der Waals surface area contributed by atoms with E-state index in [2.05, 4.69) is 12.2 Å². The summed E-state index contributed by atoms with van der Waals surface area (Å²) in [6, 6.07) is 9.46. The molecule has 0 heterocycles. The number of unbranched alkanes of at least 4 members (excludes halogenated alkanes) is 1. The molecule has 2 aliphatic rings. The number of hydrogen-bond donors (Lipinski definition) is 1. The van der Waals surface area contributed by atoms with Crippen molar-refractivity contribution in [3.05, 3.63) is 48.0 Å². The number of fused-ring (bicyclic) bond motifs is 2. The van der Waals surface area contributed by atoms with Gasteiger partial charge in [-0.05, 0) is 67.8 Å². The highest BCUT2D eigenvalue weighted by Crippen LogP contribution is 2.54. The number of benzene rings is 1. The van der Waals surface area contributed by atoms with Crippen molar-refractivity contribution in [1.29, 1.82) is 0 Å². The molecule has 4 nitrogen and oxygen atoms in total. The maximum atomic E-state index is 12.8. The minimum Gasteiger partial charge on any atom is -0.481 e. The van der Waals surface area contributed by atoms with E-state index in [9.17, 15) is 13.2 Å². The van der Waals surface area contributed by atoms with Crippen LogP contribution >= 0.6 is 0 Å². The summed E-state index contributed by atoms with van der Waals surface area (Å²) in [6.45, 7) is 0. The van der Waals surface area contributed by atoms with E-state index in [0.29, 0.717) is 29.9 Å². The van der Waals surface area contributed by atoms with Crippen LogP contribution in [0, 0.1) is 23.7 Å². The van der Waals surface area contributed by atoms with Crippen LogP contribution in [0.5, 0.6) is 0 Å². The summed E-state index contributed by atoms with van der Waals surface area (Å²) in [4.78, 5) is 10.6. The molecule has 0 unspecified atom stereocenters. The summed E-state index contributed by atoms with van der Waals surface area (Å²) >= 11 is 0. The van der Waals surface area contributed by atoms with E-state index in [1.807, 2.05) is 30.3 Å². The van der Waals surface area contributed by atoms with E-state index in [-0.39, 0.29) is 18.1 Å². The molecule has 1 aromatic carbocycles. The van der Waals surface area contributed by atoms with Gasteiger partial charge in [-0.15, -0.1) is 0 Å². The van der Waals surface area contributed by atoms with Gasteiger partial charge >= 0.3 is 5.97 Å². The van der Waals surface area contributed by atoms with Crippen LogP contribution in [0.25, 0.3) is 0 Å². The van der Waals surface area contributed by atoms with Crippen LogP contribution in [0.4, 0.5) is 0 Å². The van der Waals surface area contributed by atoms with Crippen molar-refractivity contribution in [3.8, 4) is 0 Å². The van der Waals surface area contributed by atoms with Gasteiger partial charge in [0, 0.05) is 6.42 Å². The molecule has 2 bridgehead atoms. The van der Waals surface area contributed by atoms with Crippen LogP contribution in [0.2, 0.25) is 0 Å². The second-order valence-electron chi connectivity index (χ2n) is 8.19. The molecular weight excluding hydrogens is 360 g/mol. The highest BCUT2D eigenvalue weighted by atomic mass is 32.2. The maximum Gasteiger partial charge on any atom is 0.303 e. The zero-order valence-electron chi connectivity index (χ0n) is 15.8. The number of aliphatic carboxylic acids is 1. The number of hydrogen-bond acceptors (Lipinski definition) is 3. The van der Waals surface area contributed by atoms with Crippen molar-refractivity contribution in [2.24, 2.45) is 23.7 Å². The Morgan fingerprint density at radius 2 is 1.78 bits per heavy atom. The SMILES string of the molecule is O=C(O)CCCC=CC[C@H]1[C@H]2CC[C@H](C2)[C@H]1CS(=O)(=O)Cc1ccccc1. The van der Waals surface area contributed by atoms with Crippen LogP contribution in [-0.2, 0) is 20.4 Å². The number of allylic oxidation sites excluding steroid dienone is 2. The maximum absolute atomic E-state index is 12.8. The molecule has 0 saturated heterocycles. The molecule has 1 aromatic rings. The fourth-order valence-electron chi connectivity index (χ4n) is 5.08. The van der Waals surface area contributed by atoms with Gasteiger partial charge < -0.3 is 5.11 Å². The molecule has 0 aromatic heterocycles. The van der Waals surface area contributed by atoms with Crippen LogP contribution in [0.3, 0.4) is 0 Å². The van der Waals surface area contributed by atoms with Gasteiger partial charge in [0.25, 0.3) is 0 Å². The second kappa shape index (κ2) is 9.05. The van der Waals surface area contributed by atoms with Crippen molar-refractivity contribution in [2.75, 3.05) is 5.75 Å². The van der Waals surface area contributed by atoms with Gasteiger partial charge in [-0.1, -0.05) is 42.5 Å². The van der Waals surface area contributed by atoms with Gasteiger partial charge in [-0.2, -0.15) is 0 Å². The monoisotopic (exact) mass is 390 g/mol. The third-order valence-electron chi connectivity index (χ3n) is 6.29. The van der Waals surface area contributed by atoms with E-state index in [0.717, 1.165) is 18.4 Å². The Balaban J connectivity index is 1.56. The number of carboxylic acid groups (broad SMARTS) is 1. The smallest absolute Gasteiger partial charge is 0.303 e. The highest BCUT2D eigenvalue weighted by Gasteiger charge is 2.47. The van der Waals surface area contributed by atoms with Crippen molar-refractivity contribution < 1.29 is 18.3 Å². The van der Waals surface area contributed by atoms with Crippen LogP contribution in [0.1, 0.15) is 50.5 Å². The summed E-state index contributed by atoms with van der Waals surface area (Å²) in [5.74, 6) is 1.66. The summed E-state index contributed by atoms with van der Waals surface area (Å²) in [7, 11) is -3.11. The first-order valence-corrected chi connectivity index (χ1v) is 11.9. The van der Waals surface area contributed by atoms with Gasteiger partial charge in [0.15, 0.2) is 9.84 Å². The molecule has 5 heteroatoms. The molecule has 2 fully saturated rings. The molecule has 2 saturated carbocycles. The number of carbonyl (C=O) groups is 1. The third kappa shape index (κ3) is 5.68. The average molecular weight is 391 g/mol. The Hall–Kier alpha value is -1.62. The molecule has 0 aliphatic heterocycles.